The van der Waals surface area contributed by atoms with Crippen LogP contribution in [-0.4, -0.2) is 28.6 Å². The molecule has 0 aliphatic heterocycles. The molecule has 6 heteroatoms. The van der Waals surface area contributed by atoms with Gasteiger partial charge in [0.05, 0.1) is 5.52 Å². The largest absolute Gasteiger partial charge is 0.444 e. The zero-order chi connectivity index (χ0) is 18.7. The van der Waals surface area contributed by atoms with Crippen molar-refractivity contribution in [3.63, 3.8) is 0 Å². The number of nitrogens with zero attached hydrogens (tertiary/aromatic N) is 1. The minimum Gasteiger partial charge on any atom is -0.444 e. The Morgan fingerprint density at radius 1 is 1.12 bits per heavy atom. The van der Waals surface area contributed by atoms with Gasteiger partial charge in [-0.3, -0.25) is 4.79 Å². The molecular formula is C20H25N3O3. The van der Waals surface area contributed by atoms with Crippen molar-refractivity contribution in [3.05, 3.63) is 36.4 Å². The van der Waals surface area contributed by atoms with E-state index in [0.717, 1.165) is 23.7 Å². The van der Waals surface area contributed by atoms with Crippen LogP contribution in [0, 0.1) is 5.92 Å². The lowest BCUT2D eigenvalue weighted by Gasteiger charge is -2.21. The number of ether oxygens (including phenoxy) is 1. The standard InChI is InChI=1S/C20H25N3O3/c1-20(2,3)26-19(25)21-15-10-8-14(12-15)18(24)23-17-11-9-13-6-4-5-7-16(13)22-17/h4-7,9,11,14-15H,8,10,12H2,1-3H3,(H,21,25)(H,22,23,24)/t14-,15+/m1/s1. The van der Waals surface area contributed by atoms with E-state index in [-0.39, 0.29) is 17.9 Å². The summed E-state index contributed by atoms with van der Waals surface area (Å²) in [6.45, 7) is 5.48. The summed E-state index contributed by atoms with van der Waals surface area (Å²) in [6.07, 6.45) is 1.68. The van der Waals surface area contributed by atoms with E-state index in [9.17, 15) is 9.59 Å². The normalized spacial score (nSPS) is 20.0. The van der Waals surface area contributed by atoms with Crippen LogP contribution in [0.5, 0.6) is 0 Å². The Bertz CT molecular complexity index is 813. The van der Waals surface area contributed by atoms with E-state index >= 15 is 0 Å². The van der Waals surface area contributed by atoms with E-state index in [1.807, 2.05) is 57.2 Å². The van der Waals surface area contributed by atoms with Gasteiger partial charge in [-0.15, -0.1) is 0 Å². The maximum atomic E-state index is 12.5. The lowest BCUT2D eigenvalue weighted by Crippen LogP contribution is -2.38. The van der Waals surface area contributed by atoms with E-state index in [4.69, 9.17) is 4.74 Å². The molecule has 1 aromatic carbocycles. The number of amides is 2. The van der Waals surface area contributed by atoms with E-state index in [2.05, 4.69) is 15.6 Å². The lowest BCUT2D eigenvalue weighted by atomic mass is 10.1. The highest BCUT2D eigenvalue weighted by Gasteiger charge is 2.32. The molecule has 138 valence electrons. The van der Waals surface area contributed by atoms with Gasteiger partial charge in [-0.05, 0) is 58.2 Å². The average Bonchev–Trinajstić information content (AvgIpc) is 3.01. The number of benzene rings is 1. The van der Waals surface area contributed by atoms with Crippen LogP contribution in [0.1, 0.15) is 40.0 Å². The second-order valence-electron chi connectivity index (χ2n) is 7.73. The number of carbonyl (C=O) groups excluding carboxylic acids is 2. The van der Waals surface area contributed by atoms with E-state index < -0.39 is 11.7 Å². The summed E-state index contributed by atoms with van der Waals surface area (Å²) in [5, 5.41) is 6.78. The molecule has 2 amide bonds. The third-order valence-electron chi connectivity index (χ3n) is 4.37. The minimum atomic E-state index is -0.527. The van der Waals surface area contributed by atoms with E-state index in [1.165, 1.54) is 0 Å². The summed E-state index contributed by atoms with van der Waals surface area (Å²) < 4.78 is 5.27. The number of pyridine rings is 1. The fourth-order valence-corrected chi connectivity index (χ4v) is 3.19. The topological polar surface area (TPSA) is 80.3 Å². The van der Waals surface area contributed by atoms with Gasteiger partial charge in [0.1, 0.15) is 11.4 Å². The molecule has 2 atom stereocenters. The van der Waals surface area contributed by atoms with Gasteiger partial charge in [-0.25, -0.2) is 9.78 Å². The molecule has 1 saturated carbocycles. The van der Waals surface area contributed by atoms with Crippen LogP contribution < -0.4 is 10.6 Å². The quantitative estimate of drug-likeness (QED) is 0.876. The number of aromatic nitrogens is 1. The Hall–Kier alpha value is -2.63. The molecule has 0 spiro atoms. The van der Waals surface area contributed by atoms with Gasteiger partial charge in [0.2, 0.25) is 5.91 Å². The number of fused-ring (bicyclic) bond motifs is 1. The van der Waals surface area contributed by atoms with Crippen LogP contribution in [0.25, 0.3) is 10.9 Å². The first kappa shape index (κ1) is 18.2. The highest BCUT2D eigenvalue weighted by molar-refractivity contribution is 5.93. The number of hydrogen-bond acceptors (Lipinski definition) is 4. The molecule has 1 aliphatic rings. The third kappa shape index (κ3) is 4.71. The molecule has 0 saturated heterocycles. The second kappa shape index (κ2) is 7.32. The van der Waals surface area contributed by atoms with Crippen LogP contribution in [0.2, 0.25) is 0 Å². The Morgan fingerprint density at radius 2 is 1.88 bits per heavy atom. The first-order chi connectivity index (χ1) is 12.3. The smallest absolute Gasteiger partial charge is 0.407 e. The highest BCUT2D eigenvalue weighted by Crippen LogP contribution is 2.27. The predicted octanol–water partition coefficient (Wildman–Crippen LogP) is 3.87. The van der Waals surface area contributed by atoms with E-state index in [0.29, 0.717) is 12.2 Å². The van der Waals surface area contributed by atoms with Gasteiger partial charge < -0.3 is 15.4 Å². The summed E-state index contributed by atoms with van der Waals surface area (Å²) in [6, 6.07) is 11.5. The molecule has 1 aliphatic carbocycles. The molecule has 1 fully saturated rings. The molecule has 26 heavy (non-hydrogen) atoms. The summed E-state index contributed by atoms with van der Waals surface area (Å²) in [5.41, 5.74) is 0.322. The van der Waals surface area contributed by atoms with Crippen LogP contribution in [0.15, 0.2) is 36.4 Å². The number of carbonyl (C=O) groups is 2. The summed E-state index contributed by atoms with van der Waals surface area (Å²) in [5.74, 6) is 0.363. The van der Waals surface area contributed by atoms with Crippen molar-refractivity contribution in [1.82, 2.24) is 10.3 Å². The Morgan fingerprint density at radius 3 is 2.65 bits per heavy atom. The fourth-order valence-electron chi connectivity index (χ4n) is 3.19. The summed E-state index contributed by atoms with van der Waals surface area (Å²) in [7, 11) is 0. The van der Waals surface area contributed by atoms with Crippen molar-refractivity contribution in [2.75, 3.05) is 5.32 Å². The van der Waals surface area contributed by atoms with Crippen molar-refractivity contribution >= 4 is 28.7 Å². The van der Waals surface area contributed by atoms with Gasteiger partial charge >= 0.3 is 6.09 Å². The van der Waals surface area contributed by atoms with E-state index in [1.54, 1.807) is 0 Å². The minimum absolute atomic E-state index is 0.0369. The zero-order valence-corrected chi connectivity index (χ0v) is 15.4. The molecular weight excluding hydrogens is 330 g/mol. The monoisotopic (exact) mass is 355 g/mol. The summed E-state index contributed by atoms with van der Waals surface area (Å²) >= 11 is 0. The Kier molecular flexibility index (Phi) is 5.11. The molecule has 1 heterocycles. The number of alkyl carbamates (subject to hydrolysis) is 1. The van der Waals surface area contributed by atoms with Crippen molar-refractivity contribution in [3.8, 4) is 0 Å². The zero-order valence-electron chi connectivity index (χ0n) is 15.4. The molecule has 0 bridgehead atoms. The van der Waals surface area contributed by atoms with Crippen LogP contribution in [-0.2, 0) is 9.53 Å². The maximum Gasteiger partial charge on any atom is 0.407 e. The Labute approximate surface area is 153 Å². The summed E-state index contributed by atoms with van der Waals surface area (Å²) in [4.78, 5) is 28.9. The maximum absolute atomic E-state index is 12.5. The van der Waals surface area contributed by atoms with Crippen LogP contribution in [0.3, 0.4) is 0 Å². The van der Waals surface area contributed by atoms with Crippen LogP contribution in [0.4, 0.5) is 10.6 Å². The van der Waals surface area contributed by atoms with Crippen LogP contribution >= 0.6 is 0 Å². The SMILES string of the molecule is CC(C)(C)OC(=O)N[C@H]1CC[C@@H](C(=O)Nc2ccc3ccccc3n2)C1. The van der Waals surface area contributed by atoms with Crippen molar-refractivity contribution < 1.29 is 14.3 Å². The van der Waals surface area contributed by atoms with Gasteiger partial charge in [0.25, 0.3) is 0 Å². The van der Waals surface area contributed by atoms with Gasteiger partial charge in [0, 0.05) is 17.3 Å². The molecule has 2 aromatic rings. The van der Waals surface area contributed by atoms with Crippen molar-refractivity contribution in [2.24, 2.45) is 5.92 Å². The number of rotatable bonds is 3. The third-order valence-corrected chi connectivity index (χ3v) is 4.37. The predicted molar refractivity (Wildman–Crippen MR) is 101 cm³/mol. The van der Waals surface area contributed by atoms with Gasteiger partial charge in [-0.2, -0.15) is 0 Å². The molecule has 2 N–H and O–H groups in total. The van der Waals surface area contributed by atoms with Crippen molar-refractivity contribution in [1.29, 1.82) is 0 Å². The number of nitrogens with one attached hydrogen (secondary N) is 2. The number of hydrogen-bond donors (Lipinski definition) is 2. The van der Waals surface area contributed by atoms with Gasteiger partial charge in [-0.1, -0.05) is 18.2 Å². The highest BCUT2D eigenvalue weighted by atomic mass is 16.6. The first-order valence-corrected chi connectivity index (χ1v) is 8.96. The first-order valence-electron chi connectivity index (χ1n) is 8.96. The second-order valence-corrected chi connectivity index (χ2v) is 7.73. The number of anilines is 1. The average molecular weight is 355 g/mol. The lowest BCUT2D eigenvalue weighted by molar-refractivity contribution is -0.119. The van der Waals surface area contributed by atoms with Gasteiger partial charge in [0.15, 0.2) is 0 Å². The fraction of sp³-hybridized carbons (Fsp3) is 0.450. The molecule has 1 aromatic heterocycles. The Balaban J connectivity index is 1.54. The molecule has 0 radical (unpaired) electrons. The molecule has 0 unspecified atom stereocenters. The number of para-hydroxylation sites is 1. The molecule has 6 nitrogen and oxygen atoms in total. The van der Waals surface area contributed by atoms with Crippen molar-refractivity contribution in [2.45, 2.75) is 51.7 Å². The molecule has 3 rings (SSSR count).